The van der Waals surface area contributed by atoms with Gasteiger partial charge in [0.1, 0.15) is 11.5 Å². The summed E-state index contributed by atoms with van der Waals surface area (Å²) in [6, 6.07) is 10.5. The minimum atomic E-state index is 0.0348. The average Bonchev–Trinajstić information content (AvgIpc) is 2.38. The maximum Gasteiger partial charge on any atom is 0.142 e. The molecule has 0 fully saturated rings. The van der Waals surface area contributed by atoms with Gasteiger partial charge in [-0.15, -0.1) is 0 Å². The molecule has 0 aliphatic heterocycles. The Morgan fingerprint density at radius 2 is 1.90 bits per heavy atom. The van der Waals surface area contributed by atoms with Gasteiger partial charge in [-0.3, -0.25) is 10.4 Å². The van der Waals surface area contributed by atoms with Gasteiger partial charge in [0.25, 0.3) is 0 Å². The SMILES string of the molecule is Cc1cc(C)cc(CSCc2cccnc2C(=N)N)c1. The second-order valence-electron chi connectivity index (χ2n) is 4.91. The Kier molecular flexibility index (Phi) is 4.79. The highest BCUT2D eigenvalue weighted by atomic mass is 32.2. The van der Waals surface area contributed by atoms with Crippen LogP contribution in [0, 0.1) is 19.3 Å². The second kappa shape index (κ2) is 6.57. The van der Waals surface area contributed by atoms with E-state index in [0.717, 1.165) is 17.1 Å². The van der Waals surface area contributed by atoms with Crippen molar-refractivity contribution in [1.29, 1.82) is 5.41 Å². The molecular formula is C16H19N3S. The summed E-state index contributed by atoms with van der Waals surface area (Å²) < 4.78 is 0. The summed E-state index contributed by atoms with van der Waals surface area (Å²) in [6.07, 6.45) is 1.68. The molecule has 104 valence electrons. The maximum atomic E-state index is 7.54. The quantitative estimate of drug-likeness (QED) is 0.653. The molecular weight excluding hydrogens is 266 g/mol. The third-order valence-electron chi connectivity index (χ3n) is 2.95. The molecule has 0 spiro atoms. The second-order valence-corrected chi connectivity index (χ2v) is 5.90. The molecule has 0 atom stereocenters. The lowest BCUT2D eigenvalue weighted by Crippen LogP contribution is -2.15. The van der Waals surface area contributed by atoms with E-state index in [1.54, 1.807) is 6.20 Å². The normalized spacial score (nSPS) is 10.5. The Hall–Kier alpha value is -1.81. The molecule has 20 heavy (non-hydrogen) atoms. The van der Waals surface area contributed by atoms with E-state index >= 15 is 0 Å². The largest absolute Gasteiger partial charge is 0.382 e. The standard InChI is InChI=1S/C16H19N3S/c1-11-6-12(2)8-13(7-11)9-20-10-14-4-3-5-19-15(14)16(17)18/h3-8H,9-10H2,1-2H3,(H3,17,18). The number of amidine groups is 1. The third kappa shape index (κ3) is 3.84. The average molecular weight is 285 g/mol. The lowest BCUT2D eigenvalue weighted by Gasteiger charge is -2.08. The summed E-state index contributed by atoms with van der Waals surface area (Å²) in [5, 5.41) is 7.54. The number of hydrogen-bond donors (Lipinski definition) is 2. The fourth-order valence-corrected chi connectivity index (χ4v) is 3.19. The van der Waals surface area contributed by atoms with Crippen LogP contribution >= 0.6 is 11.8 Å². The molecule has 3 nitrogen and oxygen atoms in total. The first-order chi connectivity index (χ1) is 9.56. The van der Waals surface area contributed by atoms with Crippen LogP contribution in [0.2, 0.25) is 0 Å². The van der Waals surface area contributed by atoms with Crippen LogP contribution in [-0.4, -0.2) is 10.8 Å². The Morgan fingerprint density at radius 3 is 2.55 bits per heavy atom. The van der Waals surface area contributed by atoms with Crippen LogP contribution in [-0.2, 0) is 11.5 Å². The maximum absolute atomic E-state index is 7.54. The van der Waals surface area contributed by atoms with E-state index < -0.39 is 0 Å². The molecule has 1 aromatic carbocycles. The van der Waals surface area contributed by atoms with Gasteiger partial charge in [0.2, 0.25) is 0 Å². The molecule has 0 unspecified atom stereocenters. The minimum Gasteiger partial charge on any atom is -0.382 e. The molecule has 4 heteroatoms. The fraction of sp³-hybridized carbons (Fsp3) is 0.250. The number of aromatic nitrogens is 1. The first-order valence-electron chi connectivity index (χ1n) is 6.49. The monoisotopic (exact) mass is 285 g/mol. The summed E-state index contributed by atoms with van der Waals surface area (Å²) >= 11 is 1.82. The first kappa shape index (κ1) is 14.6. The van der Waals surface area contributed by atoms with Gasteiger partial charge in [0, 0.05) is 17.7 Å². The van der Waals surface area contributed by atoms with Gasteiger partial charge < -0.3 is 5.73 Å². The van der Waals surface area contributed by atoms with Crippen molar-refractivity contribution in [2.45, 2.75) is 25.4 Å². The summed E-state index contributed by atoms with van der Waals surface area (Å²) in [5.74, 6) is 1.80. The lowest BCUT2D eigenvalue weighted by molar-refractivity contribution is 1.19. The number of rotatable bonds is 5. The summed E-state index contributed by atoms with van der Waals surface area (Å²) in [5.41, 5.74) is 11.1. The Bertz CT molecular complexity index is 603. The summed E-state index contributed by atoms with van der Waals surface area (Å²) in [4.78, 5) is 4.17. The van der Waals surface area contributed by atoms with Crippen LogP contribution in [0.25, 0.3) is 0 Å². The van der Waals surface area contributed by atoms with Crippen molar-refractivity contribution < 1.29 is 0 Å². The van der Waals surface area contributed by atoms with E-state index in [2.05, 4.69) is 37.0 Å². The Balaban J connectivity index is 2.01. The van der Waals surface area contributed by atoms with Crippen molar-refractivity contribution in [2.75, 3.05) is 0 Å². The Labute approximate surface area is 124 Å². The summed E-state index contributed by atoms with van der Waals surface area (Å²) in [7, 11) is 0. The van der Waals surface area contributed by atoms with E-state index in [9.17, 15) is 0 Å². The van der Waals surface area contributed by atoms with Gasteiger partial charge in [0.15, 0.2) is 0 Å². The van der Waals surface area contributed by atoms with E-state index in [1.165, 1.54) is 16.7 Å². The van der Waals surface area contributed by atoms with Gasteiger partial charge in [-0.05, 0) is 31.0 Å². The highest BCUT2D eigenvalue weighted by Gasteiger charge is 2.06. The third-order valence-corrected chi connectivity index (χ3v) is 4.01. The lowest BCUT2D eigenvalue weighted by atomic mass is 10.1. The van der Waals surface area contributed by atoms with Crippen molar-refractivity contribution in [3.63, 3.8) is 0 Å². The molecule has 1 heterocycles. The first-order valence-corrected chi connectivity index (χ1v) is 7.65. The van der Waals surface area contributed by atoms with Crippen LogP contribution < -0.4 is 5.73 Å². The molecule has 0 radical (unpaired) electrons. The van der Waals surface area contributed by atoms with Crippen LogP contribution in [0.15, 0.2) is 36.5 Å². The van der Waals surface area contributed by atoms with Gasteiger partial charge >= 0.3 is 0 Å². The number of benzene rings is 1. The number of pyridine rings is 1. The van der Waals surface area contributed by atoms with Crippen molar-refractivity contribution in [2.24, 2.45) is 5.73 Å². The van der Waals surface area contributed by atoms with Crippen molar-refractivity contribution in [3.05, 3.63) is 64.5 Å². The molecule has 0 bridgehead atoms. The zero-order chi connectivity index (χ0) is 14.5. The zero-order valence-corrected chi connectivity index (χ0v) is 12.6. The highest BCUT2D eigenvalue weighted by molar-refractivity contribution is 7.97. The predicted octanol–water partition coefficient (Wildman–Crippen LogP) is 3.42. The number of nitrogens with zero attached hydrogens (tertiary/aromatic N) is 1. The predicted molar refractivity (Wildman–Crippen MR) is 86.2 cm³/mol. The van der Waals surface area contributed by atoms with Crippen LogP contribution in [0.1, 0.15) is 27.9 Å². The number of nitrogens with one attached hydrogen (secondary N) is 1. The fourth-order valence-electron chi connectivity index (χ4n) is 2.23. The van der Waals surface area contributed by atoms with Crippen molar-refractivity contribution in [1.82, 2.24) is 4.98 Å². The van der Waals surface area contributed by atoms with Gasteiger partial charge in [-0.1, -0.05) is 35.4 Å². The number of nitrogen functional groups attached to an aromatic ring is 1. The molecule has 1 aromatic heterocycles. The highest BCUT2D eigenvalue weighted by Crippen LogP contribution is 2.20. The van der Waals surface area contributed by atoms with Crippen LogP contribution in [0.3, 0.4) is 0 Å². The van der Waals surface area contributed by atoms with E-state index in [4.69, 9.17) is 11.1 Å². The Morgan fingerprint density at radius 1 is 1.20 bits per heavy atom. The topological polar surface area (TPSA) is 62.8 Å². The van der Waals surface area contributed by atoms with Crippen LogP contribution in [0.5, 0.6) is 0 Å². The summed E-state index contributed by atoms with van der Waals surface area (Å²) in [6.45, 7) is 4.24. The smallest absolute Gasteiger partial charge is 0.142 e. The van der Waals surface area contributed by atoms with E-state index in [0.29, 0.717) is 5.69 Å². The number of thioether (sulfide) groups is 1. The minimum absolute atomic E-state index is 0.0348. The van der Waals surface area contributed by atoms with E-state index in [1.807, 2.05) is 23.9 Å². The zero-order valence-electron chi connectivity index (χ0n) is 11.8. The van der Waals surface area contributed by atoms with Gasteiger partial charge in [-0.2, -0.15) is 11.8 Å². The van der Waals surface area contributed by atoms with Crippen molar-refractivity contribution in [3.8, 4) is 0 Å². The van der Waals surface area contributed by atoms with E-state index in [-0.39, 0.29) is 5.84 Å². The molecule has 0 saturated heterocycles. The molecule has 2 rings (SSSR count). The molecule has 0 amide bonds. The molecule has 0 aliphatic rings. The molecule has 0 aliphatic carbocycles. The molecule has 2 aromatic rings. The van der Waals surface area contributed by atoms with Crippen molar-refractivity contribution >= 4 is 17.6 Å². The molecule has 0 saturated carbocycles. The number of hydrogen-bond acceptors (Lipinski definition) is 3. The molecule has 3 N–H and O–H groups in total. The van der Waals surface area contributed by atoms with Gasteiger partial charge in [-0.25, -0.2) is 0 Å². The number of nitrogens with two attached hydrogens (primary N) is 1. The number of aryl methyl sites for hydroxylation is 2. The van der Waals surface area contributed by atoms with Crippen LogP contribution in [0.4, 0.5) is 0 Å². The van der Waals surface area contributed by atoms with Gasteiger partial charge in [0.05, 0.1) is 0 Å².